The first kappa shape index (κ1) is 36.7. The minimum Gasteiger partial charge on any atom is -0.506 e. The second kappa shape index (κ2) is 13.1. The number of rotatable bonds is 7. The van der Waals surface area contributed by atoms with E-state index in [1.165, 1.54) is 39.0 Å². The summed E-state index contributed by atoms with van der Waals surface area (Å²) in [7, 11) is -4.40. The fourth-order valence-electron chi connectivity index (χ4n) is 8.56. The Balaban J connectivity index is 0.843. The van der Waals surface area contributed by atoms with Crippen LogP contribution in [0, 0.1) is 5.82 Å². The van der Waals surface area contributed by atoms with E-state index in [1.807, 2.05) is 0 Å². The number of likely N-dealkylation sites (tertiary alicyclic amines) is 2. The highest BCUT2D eigenvalue weighted by molar-refractivity contribution is 7.92. The van der Waals surface area contributed by atoms with Gasteiger partial charge in [-0.05, 0) is 66.1 Å². The molecule has 4 saturated heterocycles. The van der Waals surface area contributed by atoms with Crippen molar-refractivity contribution in [3.8, 4) is 11.5 Å². The molecule has 2 unspecified atom stereocenters. The second-order valence-electron chi connectivity index (χ2n) is 14.9. The van der Waals surface area contributed by atoms with Gasteiger partial charge in [0.1, 0.15) is 35.9 Å². The monoisotopic (exact) mass is 806 g/mol. The average molecular weight is 807 g/mol. The molecule has 296 valence electrons. The van der Waals surface area contributed by atoms with Gasteiger partial charge in [-0.15, -0.1) is 0 Å². The molecule has 0 spiro atoms. The van der Waals surface area contributed by atoms with Gasteiger partial charge < -0.3 is 14.7 Å². The summed E-state index contributed by atoms with van der Waals surface area (Å²) in [6.07, 6.45) is -0.251. The quantitative estimate of drug-likeness (QED) is 0.235. The molecule has 4 aromatic rings. The third-order valence-corrected chi connectivity index (χ3v) is 12.7. The zero-order chi connectivity index (χ0) is 40.1. The van der Waals surface area contributed by atoms with E-state index < -0.39 is 88.2 Å². The molecule has 5 aliphatic rings. The van der Waals surface area contributed by atoms with Gasteiger partial charge in [0.25, 0.3) is 17.7 Å². The number of carbonyl (C=O) groups excluding carboxylic acids is 5. The zero-order valence-corrected chi connectivity index (χ0v) is 30.7. The van der Waals surface area contributed by atoms with Crippen molar-refractivity contribution >= 4 is 72.7 Å². The second-order valence-corrected chi connectivity index (χ2v) is 16.5. The van der Waals surface area contributed by atoms with Gasteiger partial charge in [0.05, 0.1) is 37.8 Å². The number of aromatic hydroxyl groups is 1. The van der Waals surface area contributed by atoms with E-state index in [2.05, 4.69) is 5.32 Å². The van der Waals surface area contributed by atoms with Gasteiger partial charge in [-0.3, -0.25) is 39.1 Å². The van der Waals surface area contributed by atoms with Gasteiger partial charge in [0.15, 0.2) is 5.82 Å². The van der Waals surface area contributed by atoms with Crippen LogP contribution in [0.15, 0.2) is 54.6 Å². The highest BCUT2D eigenvalue weighted by atomic mass is 32.2. The number of hydrogen-bond acceptors (Lipinski definition) is 10. The van der Waals surface area contributed by atoms with Crippen molar-refractivity contribution in [1.29, 1.82) is 0 Å². The van der Waals surface area contributed by atoms with E-state index in [-0.39, 0.29) is 67.9 Å². The third-order valence-electron chi connectivity index (χ3n) is 11.3. The number of nitrogens with one attached hydrogen (secondary N) is 2. The van der Waals surface area contributed by atoms with Crippen LogP contribution in [0.1, 0.15) is 41.1 Å². The predicted molar refractivity (Wildman–Crippen MR) is 197 cm³/mol. The number of halogens is 3. The van der Waals surface area contributed by atoms with E-state index in [1.54, 1.807) is 35.1 Å². The van der Waals surface area contributed by atoms with Crippen LogP contribution in [-0.4, -0.2) is 110 Å². The molecule has 2 atom stereocenters. The van der Waals surface area contributed by atoms with Crippen molar-refractivity contribution < 1.29 is 55.4 Å². The molecule has 0 aromatic heterocycles. The third kappa shape index (κ3) is 6.06. The maximum absolute atomic E-state index is 16.0. The van der Waals surface area contributed by atoms with Crippen LogP contribution >= 0.6 is 0 Å². The maximum Gasteiger partial charge on any atom is 0.326 e. The summed E-state index contributed by atoms with van der Waals surface area (Å²) in [5, 5.41) is 13.8. The van der Waals surface area contributed by atoms with Gasteiger partial charge >= 0.3 is 10.2 Å². The molecule has 5 heterocycles. The fourth-order valence-corrected chi connectivity index (χ4v) is 9.73. The predicted octanol–water partition coefficient (Wildman–Crippen LogP) is 2.50. The summed E-state index contributed by atoms with van der Waals surface area (Å²) < 4.78 is 80.4. The molecule has 0 bridgehead atoms. The lowest BCUT2D eigenvalue weighted by molar-refractivity contribution is -0.144. The molecule has 15 nitrogen and oxygen atoms in total. The number of amides is 5. The van der Waals surface area contributed by atoms with E-state index in [9.17, 15) is 37.5 Å². The highest BCUT2D eigenvalue weighted by Crippen LogP contribution is 2.48. The van der Waals surface area contributed by atoms with Crippen molar-refractivity contribution in [2.75, 3.05) is 48.5 Å². The van der Waals surface area contributed by atoms with Crippen molar-refractivity contribution in [2.45, 2.75) is 43.2 Å². The number of piperidine rings is 2. The molecule has 19 heteroatoms. The number of carbonyl (C=O) groups is 5. The number of nitrogens with zero attached hydrogens (tertiary/aromatic N) is 4. The lowest BCUT2D eigenvalue weighted by Gasteiger charge is -2.42. The molecular formula is C38H33F3N6O9S. The maximum atomic E-state index is 16.0. The topological polar surface area (TPSA) is 186 Å². The van der Waals surface area contributed by atoms with E-state index in [4.69, 9.17) is 4.74 Å². The molecule has 0 saturated carbocycles. The minimum atomic E-state index is -4.40. The van der Waals surface area contributed by atoms with E-state index in [0.29, 0.717) is 31.9 Å². The summed E-state index contributed by atoms with van der Waals surface area (Å²) in [6.45, 7) is -1.15. The smallest absolute Gasteiger partial charge is 0.326 e. The number of fused-ring (bicyclic) bond motifs is 1. The van der Waals surface area contributed by atoms with Gasteiger partial charge in [-0.25, -0.2) is 22.2 Å². The Labute approximate surface area is 322 Å². The first-order chi connectivity index (χ1) is 27.1. The van der Waals surface area contributed by atoms with E-state index in [0.717, 1.165) is 0 Å². The molecule has 3 N–H and O–H groups in total. The number of hydrogen-bond donors (Lipinski definition) is 3. The molecule has 0 radical (unpaired) electrons. The number of benzene rings is 4. The Bertz CT molecular complexity index is 2580. The van der Waals surface area contributed by atoms with Crippen molar-refractivity contribution in [3.05, 3.63) is 71.5 Å². The van der Waals surface area contributed by atoms with Crippen LogP contribution in [0.2, 0.25) is 0 Å². The van der Waals surface area contributed by atoms with E-state index >= 15 is 13.2 Å². The number of phenolic OH excluding ortho intramolecular Hbond substituents is 1. The molecule has 9 rings (SSSR count). The summed E-state index contributed by atoms with van der Waals surface area (Å²) in [4.78, 5) is 67.1. The van der Waals surface area contributed by atoms with Crippen molar-refractivity contribution in [2.24, 2.45) is 0 Å². The molecule has 57 heavy (non-hydrogen) atoms. The fraction of sp³-hybridized carbons (Fsp3) is 0.342. The lowest BCUT2D eigenvalue weighted by atomic mass is 9.83. The molecule has 4 fully saturated rings. The average Bonchev–Trinajstić information content (AvgIpc) is 3.57. The Morgan fingerprint density at radius 2 is 1.77 bits per heavy atom. The number of alkyl halides is 2. The molecular weight excluding hydrogens is 774 g/mol. The Kier molecular flexibility index (Phi) is 8.40. The summed E-state index contributed by atoms with van der Waals surface area (Å²) in [5.41, 5.74) is 0.405. The number of phenols is 1. The number of ether oxygens (including phenoxy) is 1. The highest BCUT2D eigenvalue weighted by Gasteiger charge is 2.48. The summed E-state index contributed by atoms with van der Waals surface area (Å²) in [5.74, 6) is -8.70. The SMILES string of the molecule is O=C1CCC(N2C(=O)c3cccc4c(C5CCN(CC(=O)N6CC(Oc7ccc8cc(O)c(N9CC(=O)NS9(=O)=O)c(F)c8c7)C6)CC5(F)F)ccc2c34)C(=O)N1. The van der Waals surface area contributed by atoms with Crippen LogP contribution in [0.3, 0.4) is 0 Å². The van der Waals surface area contributed by atoms with Crippen molar-refractivity contribution in [1.82, 2.24) is 19.8 Å². The Morgan fingerprint density at radius 3 is 2.49 bits per heavy atom. The first-order valence-electron chi connectivity index (χ1n) is 18.2. The number of imide groups is 1. The van der Waals surface area contributed by atoms with Gasteiger partial charge in [0.2, 0.25) is 17.7 Å². The van der Waals surface area contributed by atoms with Crippen molar-refractivity contribution in [3.63, 3.8) is 0 Å². The molecule has 0 aliphatic carbocycles. The van der Waals surface area contributed by atoms with Crippen LogP contribution in [-0.2, 0) is 29.4 Å². The Hall–Kier alpha value is -5.95. The van der Waals surface area contributed by atoms with Gasteiger partial charge in [-0.2, -0.15) is 8.42 Å². The molecule has 4 aromatic carbocycles. The van der Waals surface area contributed by atoms with Crippen LogP contribution in [0.25, 0.3) is 21.5 Å². The number of anilines is 2. The Morgan fingerprint density at radius 1 is 0.982 bits per heavy atom. The first-order valence-corrected chi connectivity index (χ1v) is 19.6. The van der Waals surface area contributed by atoms with Crippen LogP contribution < -0.4 is 24.0 Å². The largest absolute Gasteiger partial charge is 0.506 e. The molecule has 5 amide bonds. The summed E-state index contributed by atoms with van der Waals surface area (Å²) in [6, 6.07) is 12.6. The van der Waals surface area contributed by atoms with Crippen LogP contribution in [0.5, 0.6) is 11.5 Å². The van der Waals surface area contributed by atoms with Crippen LogP contribution in [0.4, 0.5) is 24.5 Å². The van der Waals surface area contributed by atoms with Gasteiger partial charge in [0, 0.05) is 22.8 Å². The lowest BCUT2D eigenvalue weighted by Crippen LogP contribution is -2.59. The molecule has 5 aliphatic heterocycles. The van der Waals surface area contributed by atoms with Gasteiger partial charge in [-0.1, -0.05) is 24.3 Å². The summed E-state index contributed by atoms with van der Waals surface area (Å²) >= 11 is 0. The standard InChI is InChI=1S/C38H33F3N6O9S/c39-34-25-13-20(5-4-19(25)12-29(48)35(34)46-16-31(50)43-57(46,54)55)56-21-14-45(15-21)32(51)17-44-11-10-26(38(40,41)18-44)22-6-7-27-33-23(22)2-1-3-24(33)37(53)47(27)28-8-9-30(49)42-36(28)52/h1-7,12-13,21,26,28,48H,8-11,14-18H2,(H,43,50)(H,42,49,52). The zero-order valence-electron chi connectivity index (χ0n) is 29.8. The normalized spacial score (nSPS) is 23.2. The minimum absolute atomic E-state index is 0.0318.